The van der Waals surface area contributed by atoms with Crippen LogP contribution in [0.25, 0.3) is 0 Å². The van der Waals surface area contributed by atoms with Crippen molar-refractivity contribution in [3.8, 4) is 0 Å². The number of halogens is 2. The van der Waals surface area contributed by atoms with Crippen molar-refractivity contribution >= 4 is 5.69 Å². The van der Waals surface area contributed by atoms with Crippen molar-refractivity contribution in [2.75, 3.05) is 44.3 Å². The third-order valence-corrected chi connectivity index (χ3v) is 5.14. The molecule has 2 aliphatic rings. The van der Waals surface area contributed by atoms with Gasteiger partial charge >= 0.3 is 0 Å². The molecule has 6 heteroatoms. The topological polar surface area (TPSA) is 35.9 Å². The van der Waals surface area contributed by atoms with Gasteiger partial charge < -0.3 is 19.6 Å². The highest BCUT2D eigenvalue weighted by Crippen LogP contribution is 2.24. The molecule has 3 rings (SSSR count). The molecule has 0 amide bonds. The Morgan fingerprint density at radius 1 is 1.17 bits per heavy atom. The van der Waals surface area contributed by atoms with Crippen LogP contribution in [0.15, 0.2) is 12.1 Å². The second-order valence-electron chi connectivity index (χ2n) is 6.80. The van der Waals surface area contributed by atoms with Crippen molar-refractivity contribution in [1.29, 1.82) is 0 Å². The highest BCUT2D eigenvalue weighted by atomic mass is 19.1. The molecule has 2 fully saturated rings. The molecule has 4 nitrogen and oxygen atoms in total. The van der Waals surface area contributed by atoms with E-state index in [1.165, 1.54) is 12.1 Å². The number of hydrogen-bond acceptors (Lipinski definition) is 4. The predicted molar refractivity (Wildman–Crippen MR) is 89.4 cm³/mol. The van der Waals surface area contributed by atoms with E-state index in [2.05, 4.69) is 11.8 Å². The quantitative estimate of drug-likeness (QED) is 0.911. The molecule has 2 aliphatic heterocycles. The fourth-order valence-corrected chi connectivity index (χ4v) is 3.62. The molecule has 2 unspecified atom stereocenters. The lowest BCUT2D eigenvalue weighted by Crippen LogP contribution is -2.43. The lowest BCUT2D eigenvalue weighted by molar-refractivity contribution is 0.0488. The summed E-state index contributed by atoms with van der Waals surface area (Å²) in [6, 6.07) is 3.12. The first kappa shape index (κ1) is 17.6. The Kier molecular flexibility index (Phi) is 5.69. The molecule has 134 valence electrons. The molecule has 2 heterocycles. The van der Waals surface area contributed by atoms with E-state index in [1.807, 2.05) is 4.90 Å². The summed E-state index contributed by atoms with van der Waals surface area (Å²) in [6.45, 7) is 5.93. The highest BCUT2D eigenvalue weighted by molar-refractivity contribution is 5.49. The fourth-order valence-electron chi connectivity index (χ4n) is 3.62. The molecule has 1 N–H and O–H groups in total. The average molecular weight is 340 g/mol. The summed E-state index contributed by atoms with van der Waals surface area (Å²) >= 11 is 0. The van der Waals surface area contributed by atoms with Gasteiger partial charge in [0, 0.05) is 43.5 Å². The van der Waals surface area contributed by atoms with Gasteiger partial charge in [-0.25, -0.2) is 8.78 Å². The Bertz CT molecular complexity index is 541. The van der Waals surface area contributed by atoms with E-state index in [1.54, 1.807) is 0 Å². The van der Waals surface area contributed by atoms with E-state index in [4.69, 9.17) is 4.74 Å². The zero-order valence-electron chi connectivity index (χ0n) is 14.2. The summed E-state index contributed by atoms with van der Waals surface area (Å²) in [6.07, 6.45) is 1.55. The number of benzene rings is 1. The van der Waals surface area contributed by atoms with Gasteiger partial charge in [0.15, 0.2) is 0 Å². The smallest absolute Gasteiger partial charge is 0.131 e. The third kappa shape index (κ3) is 4.05. The largest absolute Gasteiger partial charge is 0.393 e. The van der Waals surface area contributed by atoms with Crippen LogP contribution in [0.3, 0.4) is 0 Å². The maximum atomic E-state index is 14.4. The molecule has 0 spiro atoms. The number of aliphatic hydroxyl groups excluding tert-OH is 1. The first-order chi connectivity index (χ1) is 11.5. The van der Waals surface area contributed by atoms with Gasteiger partial charge in [-0.2, -0.15) is 0 Å². The number of rotatable bonds is 4. The minimum atomic E-state index is -0.471. The maximum Gasteiger partial charge on any atom is 0.131 e. The number of piperidine rings is 1. The minimum Gasteiger partial charge on any atom is -0.393 e. The molecule has 2 saturated heterocycles. The predicted octanol–water partition coefficient (Wildman–Crippen LogP) is 2.19. The molecule has 24 heavy (non-hydrogen) atoms. The van der Waals surface area contributed by atoms with Crippen molar-refractivity contribution in [3.05, 3.63) is 29.3 Å². The Hall–Kier alpha value is -1.24. The van der Waals surface area contributed by atoms with Gasteiger partial charge in [0.05, 0.1) is 19.3 Å². The number of ether oxygens (including phenoxy) is 1. The first-order valence-electron chi connectivity index (χ1n) is 8.77. The summed E-state index contributed by atoms with van der Waals surface area (Å²) in [5.41, 5.74) is 0.747. The Morgan fingerprint density at radius 3 is 2.46 bits per heavy atom. The molecule has 0 saturated carbocycles. The Balaban J connectivity index is 1.65. The number of hydrogen-bond donors (Lipinski definition) is 1. The van der Waals surface area contributed by atoms with Crippen LogP contribution < -0.4 is 4.90 Å². The molecule has 0 aromatic heterocycles. The van der Waals surface area contributed by atoms with Gasteiger partial charge in [0.1, 0.15) is 11.6 Å². The molecule has 1 aromatic rings. The summed E-state index contributed by atoms with van der Waals surface area (Å²) in [4.78, 5) is 4.15. The molecule has 0 radical (unpaired) electrons. The minimum absolute atomic E-state index is 0.158. The average Bonchev–Trinajstić information content (AvgIpc) is 2.56. The summed E-state index contributed by atoms with van der Waals surface area (Å²) < 4.78 is 34.1. The van der Waals surface area contributed by atoms with Gasteiger partial charge in [-0.15, -0.1) is 0 Å². The van der Waals surface area contributed by atoms with E-state index in [9.17, 15) is 13.9 Å². The van der Waals surface area contributed by atoms with Crippen molar-refractivity contribution in [2.45, 2.75) is 38.3 Å². The van der Waals surface area contributed by atoms with E-state index < -0.39 is 11.6 Å². The monoisotopic (exact) mass is 340 g/mol. The highest BCUT2D eigenvalue weighted by Gasteiger charge is 2.24. The van der Waals surface area contributed by atoms with Crippen LogP contribution in [0.5, 0.6) is 0 Å². The number of likely N-dealkylation sites (tertiary alicyclic amines) is 1. The molecule has 2 atom stereocenters. The molecule has 0 aliphatic carbocycles. The molecule has 0 bridgehead atoms. The van der Waals surface area contributed by atoms with Gasteiger partial charge in [-0.1, -0.05) is 0 Å². The maximum absolute atomic E-state index is 14.4. The van der Waals surface area contributed by atoms with Crippen molar-refractivity contribution in [1.82, 2.24) is 4.90 Å². The standard InChI is InChI=1S/C18H26F2N2O2/c1-13-10-15(23)2-4-21(13)5-3-16-17(19)11-14(12-18(16)20)22-6-8-24-9-7-22/h11-13,15,23H,2-10H2,1H3. The zero-order chi connectivity index (χ0) is 17.1. The van der Waals surface area contributed by atoms with Crippen LogP contribution >= 0.6 is 0 Å². The van der Waals surface area contributed by atoms with E-state index >= 15 is 0 Å². The van der Waals surface area contributed by atoms with Crippen LogP contribution in [0.1, 0.15) is 25.3 Å². The molecular formula is C18H26F2N2O2. The Morgan fingerprint density at radius 2 is 1.83 bits per heavy atom. The van der Waals surface area contributed by atoms with Crippen LogP contribution in [0, 0.1) is 11.6 Å². The number of anilines is 1. The third-order valence-electron chi connectivity index (χ3n) is 5.14. The Labute approximate surface area is 142 Å². The van der Waals surface area contributed by atoms with Crippen LogP contribution in [0.2, 0.25) is 0 Å². The van der Waals surface area contributed by atoms with E-state index in [0.29, 0.717) is 45.0 Å². The van der Waals surface area contributed by atoms with Crippen LogP contribution in [-0.2, 0) is 11.2 Å². The second-order valence-corrected chi connectivity index (χ2v) is 6.80. The van der Waals surface area contributed by atoms with Gasteiger partial charge in [-0.3, -0.25) is 0 Å². The number of aliphatic hydroxyl groups is 1. The zero-order valence-corrected chi connectivity index (χ0v) is 14.2. The van der Waals surface area contributed by atoms with Gasteiger partial charge in [-0.05, 0) is 38.3 Å². The van der Waals surface area contributed by atoms with Crippen LogP contribution in [0.4, 0.5) is 14.5 Å². The fraction of sp³-hybridized carbons (Fsp3) is 0.667. The molecular weight excluding hydrogens is 314 g/mol. The van der Waals surface area contributed by atoms with Crippen molar-refractivity contribution < 1.29 is 18.6 Å². The second kappa shape index (κ2) is 7.76. The van der Waals surface area contributed by atoms with E-state index in [-0.39, 0.29) is 17.7 Å². The number of nitrogens with zero attached hydrogens (tertiary/aromatic N) is 2. The summed E-state index contributed by atoms with van der Waals surface area (Å²) in [7, 11) is 0. The normalized spacial score (nSPS) is 25.9. The van der Waals surface area contributed by atoms with E-state index in [0.717, 1.165) is 19.4 Å². The summed E-state index contributed by atoms with van der Waals surface area (Å²) in [5.74, 6) is -0.942. The van der Waals surface area contributed by atoms with Crippen molar-refractivity contribution in [3.63, 3.8) is 0 Å². The summed E-state index contributed by atoms with van der Waals surface area (Å²) in [5, 5.41) is 9.66. The first-order valence-corrected chi connectivity index (χ1v) is 8.77. The van der Waals surface area contributed by atoms with Crippen LogP contribution in [-0.4, -0.2) is 61.5 Å². The van der Waals surface area contributed by atoms with Crippen molar-refractivity contribution in [2.24, 2.45) is 0 Å². The number of morpholine rings is 1. The van der Waals surface area contributed by atoms with Gasteiger partial charge in [0.25, 0.3) is 0 Å². The lowest BCUT2D eigenvalue weighted by atomic mass is 10.00. The SMILES string of the molecule is CC1CC(O)CCN1CCc1c(F)cc(N2CCOCC2)cc1F. The van der Waals surface area contributed by atoms with Gasteiger partial charge in [0.2, 0.25) is 0 Å². The lowest BCUT2D eigenvalue weighted by Gasteiger charge is -2.35. The molecule has 1 aromatic carbocycles.